The summed E-state index contributed by atoms with van der Waals surface area (Å²) in [6.07, 6.45) is 0.543. The van der Waals surface area contributed by atoms with Gasteiger partial charge in [-0.15, -0.1) is 11.3 Å². The highest BCUT2D eigenvalue weighted by atomic mass is 32.1. The van der Waals surface area contributed by atoms with Gasteiger partial charge in [0, 0.05) is 23.9 Å². The molecule has 1 N–H and O–H groups in total. The average Bonchev–Trinajstić information content (AvgIpc) is 3.11. The van der Waals surface area contributed by atoms with Gasteiger partial charge in [-0.2, -0.15) is 0 Å². The van der Waals surface area contributed by atoms with Crippen molar-refractivity contribution in [1.29, 1.82) is 0 Å². The summed E-state index contributed by atoms with van der Waals surface area (Å²) in [6, 6.07) is 7.55. The topological polar surface area (TPSA) is 67.9 Å². The van der Waals surface area contributed by atoms with Crippen LogP contribution in [0.3, 0.4) is 0 Å². The molecule has 27 heavy (non-hydrogen) atoms. The predicted octanol–water partition coefficient (Wildman–Crippen LogP) is 3.06. The summed E-state index contributed by atoms with van der Waals surface area (Å²) in [5, 5.41) is 4.76. The third-order valence-electron chi connectivity index (χ3n) is 4.52. The number of benzene rings is 1. The van der Waals surface area contributed by atoms with Crippen LogP contribution in [0.15, 0.2) is 29.6 Å². The molecule has 1 atom stereocenters. The zero-order chi connectivity index (χ0) is 19.4. The van der Waals surface area contributed by atoms with Crippen molar-refractivity contribution < 1.29 is 19.1 Å². The fourth-order valence-corrected chi connectivity index (χ4v) is 3.93. The highest BCUT2D eigenvalue weighted by Crippen LogP contribution is 2.39. The zero-order valence-electron chi connectivity index (χ0n) is 15.8. The fourth-order valence-electron chi connectivity index (χ4n) is 3.21. The summed E-state index contributed by atoms with van der Waals surface area (Å²) in [4.78, 5) is 27.2. The largest absolute Gasteiger partial charge is 0.493 e. The molecule has 0 saturated heterocycles. The number of amides is 2. The van der Waals surface area contributed by atoms with Gasteiger partial charge >= 0.3 is 0 Å². The van der Waals surface area contributed by atoms with Gasteiger partial charge in [-0.25, -0.2) is 0 Å². The van der Waals surface area contributed by atoms with Crippen molar-refractivity contribution in [1.82, 2.24) is 10.2 Å². The molecule has 0 fully saturated rings. The molecular formula is C20H24N2O4S. The summed E-state index contributed by atoms with van der Waals surface area (Å²) in [7, 11) is 1.62. The first-order valence-corrected chi connectivity index (χ1v) is 9.85. The van der Waals surface area contributed by atoms with E-state index < -0.39 is 6.04 Å². The Kier molecular flexibility index (Phi) is 6.01. The normalized spacial score (nSPS) is 14.6. The van der Waals surface area contributed by atoms with Gasteiger partial charge in [-0.05, 0) is 35.6 Å². The Balaban J connectivity index is 1.92. The van der Waals surface area contributed by atoms with Crippen LogP contribution in [0.4, 0.5) is 0 Å². The van der Waals surface area contributed by atoms with E-state index in [4.69, 9.17) is 9.47 Å². The molecule has 7 heteroatoms. The Bertz CT molecular complexity index is 820. The number of methoxy groups -OCH3 is 1. The Morgan fingerprint density at radius 3 is 2.85 bits per heavy atom. The maximum Gasteiger partial charge on any atom is 0.245 e. The SMILES string of the molecule is CC[C@@H](NC(C)=O)C(=O)N1CCOc2c(cc(-c3cccs3)cc2OC)C1. The Hall–Kier alpha value is -2.54. The minimum absolute atomic E-state index is 0.0929. The van der Waals surface area contributed by atoms with Gasteiger partial charge in [0.1, 0.15) is 12.6 Å². The quantitative estimate of drug-likeness (QED) is 0.855. The molecule has 2 amide bonds. The smallest absolute Gasteiger partial charge is 0.245 e. The minimum Gasteiger partial charge on any atom is -0.493 e. The first-order chi connectivity index (χ1) is 13.0. The van der Waals surface area contributed by atoms with Gasteiger partial charge in [0.05, 0.1) is 13.7 Å². The van der Waals surface area contributed by atoms with E-state index in [0.717, 1.165) is 16.0 Å². The number of fused-ring (bicyclic) bond motifs is 1. The van der Waals surface area contributed by atoms with Crippen molar-refractivity contribution in [2.24, 2.45) is 0 Å². The van der Waals surface area contributed by atoms with Crippen molar-refractivity contribution in [3.05, 3.63) is 35.2 Å². The standard InChI is InChI=1S/C20H24N2O4S/c1-4-16(21-13(2)23)20(24)22-7-8-26-19-15(12-22)10-14(11-17(19)25-3)18-6-5-9-27-18/h5-6,9-11,16H,4,7-8,12H2,1-3H3,(H,21,23)/t16-/m1/s1. The second kappa shape index (κ2) is 8.43. The number of carbonyl (C=O) groups is 2. The summed E-state index contributed by atoms with van der Waals surface area (Å²) in [5.74, 6) is 1.05. The number of thiophene rings is 1. The van der Waals surface area contributed by atoms with Gasteiger partial charge in [-0.1, -0.05) is 13.0 Å². The monoisotopic (exact) mass is 388 g/mol. The summed E-state index contributed by atoms with van der Waals surface area (Å²) in [6.45, 7) is 4.57. The molecule has 2 heterocycles. The van der Waals surface area contributed by atoms with E-state index in [9.17, 15) is 9.59 Å². The second-order valence-corrected chi connectivity index (χ2v) is 7.36. The number of hydrogen-bond acceptors (Lipinski definition) is 5. The van der Waals surface area contributed by atoms with Crippen molar-refractivity contribution in [2.75, 3.05) is 20.3 Å². The molecule has 0 radical (unpaired) electrons. The lowest BCUT2D eigenvalue weighted by molar-refractivity contribution is -0.136. The Morgan fingerprint density at radius 1 is 1.41 bits per heavy atom. The van der Waals surface area contributed by atoms with Gasteiger partial charge in [0.15, 0.2) is 11.5 Å². The molecule has 1 aromatic carbocycles. The number of hydrogen-bond donors (Lipinski definition) is 1. The van der Waals surface area contributed by atoms with Crippen molar-refractivity contribution >= 4 is 23.2 Å². The molecule has 0 bridgehead atoms. The van der Waals surface area contributed by atoms with E-state index in [1.54, 1.807) is 23.3 Å². The minimum atomic E-state index is -0.522. The molecule has 0 aliphatic carbocycles. The van der Waals surface area contributed by atoms with E-state index in [-0.39, 0.29) is 11.8 Å². The van der Waals surface area contributed by atoms with Crippen molar-refractivity contribution in [2.45, 2.75) is 32.9 Å². The summed E-state index contributed by atoms with van der Waals surface area (Å²) >= 11 is 1.65. The molecule has 2 aromatic rings. The summed E-state index contributed by atoms with van der Waals surface area (Å²) < 4.78 is 11.5. The van der Waals surface area contributed by atoms with Crippen LogP contribution in [0.2, 0.25) is 0 Å². The highest BCUT2D eigenvalue weighted by Gasteiger charge is 2.28. The van der Waals surface area contributed by atoms with Gasteiger partial charge in [-0.3, -0.25) is 9.59 Å². The van der Waals surface area contributed by atoms with E-state index >= 15 is 0 Å². The Morgan fingerprint density at radius 2 is 2.22 bits per heavy atom. The average molecular weight is 388 g/mol. The third kappa shape index (κ3) is 4.24. The lowest BCUT2D eigenvalue weighted by Gasteiger charge is -2.25. The van der Waals surface area contributed by atoms with E-state index in [1.807, 2.05) is 24.4 Å². The molecule has 0 saturated carbocycles. The van der Waals surface area contributed by atoms with Crippen LogP contribution >= 0.6 is 11.3 Å². The van der Waals surface area contributed by atoms with Gasteiger partial charge < -0.3 is 19.7 Å². The van der Waals surface area contributed by atoms with E-state index in [2.05, 4.69) is 17.4 Å². The lowest BCUT2D eigenvalue weighted by atomic mass is 10.1. The van der Waals surface area contributed by atoms with E-state index in [0.29, 0.717) is 37.6 Å². The van der Waals surface area contributed by atoms with Crippen LogP contribution in [-0.4, -0.2) is 43.0 Å². The number of carbonyl (C=O) groups excluding carboxylic acids is 2. The molecule has 6 nitrogen and oxygen atoms in total. The summed E-state index contributed by atoms with van der Waals surface area (Å²) in [5.41, 5.74) is 1.94. The zero-order valence-corrected chi connectivity index (χ0v) is 16.6. The molecule has 0 unspecified atom stereocenters. The van der Waals surface area contributed by atoms with Crippen molar-refractivity contribution in [3.8, 4) is 21.9 Å². The molecule has 1 aliphatic heterocycles. The van der Waals surface area contributed by atoms with Gasteiger partial charge in [0.2, 0.25) is 11.8 Å². The molecule has 3 rings (SSSR count). The van der Waals surface area contributed by atoms with Crippen LogP contribution in [0.5, 0.6) is 11.5 Å². The third-order valence-corrected chi connectivity index (χ3v) is 5.44. The maximum atomic E-state index is 12.9. The van der Waals surface area contributed by atoms with Crippen LogP contribution < -0.4 is 14.8 Å². The van der Waals surface area contributed by atoms with E-state index in [1.165, 1.54) is 6.92 Å². The van der Waals surface area contributed by atoms with Crippen LogP contribution in [0, 0.1) is 0 Å². The lowest BCUT2D eigenvalue weighted by Crippen LogP contribution is -2.48. The first kappa shape index (κ1) is 19.2. The molecular weight excluding hydrogens is 364 g/mol. The Labute approximate surface area is 163 Å². The highest BCUT2D eigenvalue weighted by molar-refractivity contribution is 7.13. The van der Waals surface area contributed by atoms with Gasteiger partial charge in [0.25, 0.3) is 0 Å². The fraction of sp³-hybridized carbons (Fsp3) is 0.400. The predicted molar refractivity (Wildman–Crippen MR) is 105 cm³/mol. The number of rotatable bonds is 5. The van der Waals surface area contributed by atoms with Crippen molar-refractivity contribution in [3.63, 3.8) is 0 Å². The molecule has 0 spiro atoms. The second-order valence-electron chi connectivity index (χ2n) is 6.41. The van der Waals surface area contributed by atoms with Crippen LogP contribution in [-0.2, 0) is 16.1 Å². The molecule has 144 valence electrons. The number of nitrogens with one attached hydrogen (secondary N) is 1. The number of ether oxygens (including phenoxy) is 2. The first-order valence-electron chi connectivity index (χ1n) is 8.97. The molecule has 1 aliphatic rings. The number of nitrogens with zero attached hydrogens (tertiary/aromatic N) is 1. The maximum absolute atomic E-state index is 12.9. The van der Waals surface area contributed by atoms with Crippen LogP contribution in [0.25, 0.3) is 10.4 Å². The molecule has 1 aromatic heterocycles. The van der Waals surface area contributed by atoms with Crippen LogP contribution in [0.1, 0.15) is 25.8 Å².